The van der Waals surface area contributed by atoms with Crippen molar-refractivity contribution in [1.82, 2.24) is 4.90 Å². The van der Waals surface area contributed by atoms with Crippen LogP contribution in [0.5, 0.6) is 17.2 Å². The molecule has 5 unspecified atom stereocenters. The number of carbonyl (C=O) groups excluding carboxylic acids is 2. The number of aliphatic hydroxyl groups excluding tert-OH is 1. The Kier molecular flexibility index (Phi) is 7.81. The second-order valence-corrected chi connectivity index (χ2v) is 8.85. The minimum Gasteiger partial charge on any atom is -0.493 e. The topological polar surface area (TPSA) is 104 Å². The Balaban J connectivity index is 1.41. The third-order valence-corrected chi connectivity index (χ3v) is 6.80. The molecule has 2 bridgehead atoms. The molecule has 192 valence electrons. The van der Waals surface area contributed by atoms with Crippen LogP contribution in [0.4, 0.5) is 0 Å². The summed E-state index contributed by atoms with van der Waals surface area (Å²) in [5.41, 5.74) is 1.10. The number of rotatable bonds is 8. The highest BCUT2D eigenvalue weighted by Gasteiger charge is 2.53. The minimum absolute atomic E-state index is 0.261. The number of benzene rings is 2. The number of aliphatic hydroxyl groups is 1. The van der Waals surface area contributed by atoms with Gasteiger partial charge >= 0.3 is 11.9 Å². The van der Waals surface area contributed by atoms with Gasteiger partial charge in [-0.15, -0.1) is 0 Å². The second-order valence-electron chi connectivity index (χ2n) is 8.85. The molecule has 0 aliphatic carbocycles. The molecule has 2 aliphatic heterocycles. The summed E-state index contributed by atoms with van der Waals surface area (Å²) < 4.78 is 27.4. The van der Waals surface area contributed by atoms with E-state index in [2.05, 4.69) is 0 Å². The van der Waals surface area contributed by atoms with Crippen molar-refractivity contribution >= 4 is 18.0 Å². The lowest BCUT2D eigenvalue weighted by molar-refractivity contribution is -0.146. The predicted octanol–water partition coefficient (Wildman–Crippen LogP) is 2.70. The molecule has 2 heterocycles. The lowest BCUT2D eigenvalue weighted by atomic mass is 10.00. The molecule has 0 radical (unpaired) electrons. The van der Waals surface area contributed by atoms with E-state index in [1.165, 1.54) is 27.4 Å². The number of esters is 2. The largest absolute Gasteiger partial charge is 0.493 e. The molecule has 2 aromatic rings. The van der Waals surface area contributed by atoms with E-state index < -0.39 is 30.3 Å². The summed E-state index contributed by atoms with van der Waals surface area (Å²) in [5.74, 6) is 0.415. The van der Waals surface area contributed by atoms with E-state index in [1.54, 1.807) is 42.5 Å². The zero-order chi connectivity index (χ0) is 25.8. The molecule has 9 nitrogen and oxygen atoms in total. The molecule has 2 saturated heterocycles. The summed E-state index contributed by atoms with van der Waals surface area (Å²) in [4.78, 5) is 27.2. The SMILES string of the molecule is COc1cc(C=CC(=O)OC2CC3C(O)C(OC(=O)c4ccccc4)C(C2)N3C)cc(OC)c1OC. The number of nitrogens with zero attached hydrogens (tertiary/aromatic N) is 1. The van der Waals surface area contributed by atoms with Gasteiger partial charge in [-0.2, -0.15) is 0 Å². The maximum atomic E-state index is 12.6. The molecule has 0 amide bonds. The van der Waals surface area contributed by atoms with Gasteiger partial charge in [0.2, 0.25) is 5.75 Å². The van der Waals surface area contributed by atoms with E-state index in [0.29, 0.717) is 41.2 Å². The molecule has 0 spiro atoms. The molecule has 9 heteroatoms. The van der Waals surface area contributed by atoms with Crippen molar-refractivity contribution in [2.75, 3.05) is 28.4 Å². The van der Waals surface area contributed by atoms with Crippen LogP contribution in [0.3, 0.4) is 0 Å². The Morgan fingerprint density at radius 2 is 1.58 bits per heavy atom. The first-order chi connectivity index (χ1) is 17.4. The summed E-state index contributed by atoms with van der Waals surface area (Å²) in [6, 6.07) is 11.6. The van der Waals surface area contributed by atoms with Crippen LogP contribution < -0.4 is 14.2 Å². The Bertz CT molecular complexity index is 1090. The molecule has 2 fully saturated rings. The summed E-state index contributed by atoms with van der Waals surface area (Å²) >= 11 is 0. The number of carbonyl (C=O) groups is 2. The summed E-state index contributed by atoms with van der Waals surface area (Å²) in [6.07, 6.45) is 1.85. The lowest BCUT2D eigenvalue weighted by Crippen LogP contribution is -2.46. The zero-order valence-corrected chi connectivity index (χ0v) is 20.7. The second kappa shape index (κ2) is 11.0. The van der Waals surface area contributed by atoms with Crippen LogP contribution >= 0.6 is 0 Å². The number of piperidine rings is 1. The average molecular weight is 498 g/mol. The Morgan fingerprint density at radius 3 is 2.19 bits per heavy atom. The van der Waals surface area contributed by atoms with Gasteiger partial charge in [0, 0.05) is 25.0 Å². The van der Waals surface area contributed by atoms with E-state index >= 15 is 0 Å². The fourth-order valence-corrected chi connectivity index (χ4v) is 4.98. The summed E-state index contributed by atoms with van der Waals surface area (Å²) in [7, 11) is 6.45. The molecule has 2 aromatic carbocycles. The summed E-state index contributed by atoms with van der Waals surface area (Å²) in [5, 5.41) is 10.9. The van der Waals surface area contributed by atoms with Gasteiger partial charge in [-0.3, -0.25) is 4.90 Å². The lowest BCUT2D eigenvalue weighted by Gasteiger charge is -2.35. The van der Waals surface area contributed by atoms with Crippen LogP contribution in [-0.4, -0.2) is 80.7 Å². The van der Waals surface area contributed by atoms with Gasteiger partial charge < -0.3 is 28.8 Å². The fraction of sp³-hybridized carbons (Fsp3) is 0.407. The van der Waals surface area contributed by atoms with E-state index in [-0.39, 0.29) is 12.1 Å². The first-order valence-corrected chi connectivity index (χ1v) is 11.7. The molecule has 2 aliphatic rings. The van der Waals surface area contributed by atoms with Gasteiger partial charge in [0.25, 0.3) is 0 Å². The van der Waals surface area contributed by atoms with Gasteiger partial charge in [-0.1, -0.05) is 18.2 Å². The zero-order valence-electron chi connectivity index (χ0n) is 20.7. The molecular formula is C27H31NO8. The van der Waals surface area contributed by atoms with Crippen molar-refractivity contribution in [2.45, 2.75) is 43.2 Å². The van der Waals surface area contributed by atoms with Crippen molar-refractivity contribution in [1.29, 1.82) is 0 Å². The highest BCUT2D eigenvalue weighted by molar-refractivity contribution is 5.89. The summed E-state index contributed by atoms with van der Waals surface area (Å²) in [6.45, 7) is 0. The van der Waals surface area contributed by atoms with Crippen LogP contribution in [0, 0.1) is 0 Å². The van der Waals surface area contributed by atoms with Crippen LogP contribution in [0.1, 0.15) is 28.8 Å². The number of hydrogen-bond acceptors (Lipinski definition) is 9. The van der Waals surface area contributed by atoms with Gasteiger partial charge in [0.05, 0.1) is 32.9 Å². The predicted molar refractivity (Wildman–Crippen MR) is 131 cm³/mol. The first kappa shape index (κ1) is 25.5. The fourth-order valence-electron chi connectivity index (χ4n) is 4.98. The van der Waals surface area contributed by atoms with Gasteiger partial charge in [-0.05, 0) is 43.0 Å². The van der Waals surface area contributed by atoms with Crippen LogP contribution in [0.15, 0.2) is 48.5 Å². The normalized spacial score (nSPS) is 25.4. The molecule has 4 rings (SSSR count). The minimum atomic E-state index is -0.869. The average Bonchev–Trinajstić information content (AvgIpc) is 3.01. The van der Waals surface area contributed by atoms with Crippen molar-refractivity contribution < 1.29 is 38.4 Å². The molecule has 1 N–H and O–H groups in total. The Morgan fingerprint density at radius 1 is 0.944 bits per heavy atom. The molecule has 0 aromatic heterocycles. The van der Waals surface area contributed by atoms with Crippen molar-refractivity contribution in [3.8, 4) is 17.2 Å². The molecule has 5 atom stereocenters. The Labute approximate surface area is 210 Å². The highest BCUT2D eigenvalue weighted by atomic mass is 16.6. The van der Waals surface area contributed by atoms with Gasteiger partial charge in [0.15, 0.2) is 11.5 Å². The molecular weight excluding hydrogens is 466 g/mol. The third kappa shape index (κ3) is 5.17. The molecule has 36 heavy (non-hydrogen) atoms. The smallest absolute Gasteiger partial charge is 0.338 e. The van der Waals surface area contributed by atoms with Crippen LogP contribution in [0.25, 0.3) is 6.08 Å². The third-order valence-electron chi connectivity index (χ3n) is 6.80. The maximum absolute atomic E-state index is 12.6. The van der Waals surface area contributed by atoms with Crippen molar-refractivity contribution in [3.05, 3.63) is 59.7 Å². The quantitative estimate of drug-likeness (QED) is 0.435. The van der Waals surface area contributed by atoms with Crippen LogP contribution in [-0.2, 0) is 14.3 Å². The number of hydrogen-bond donors (Lipinski definition) is 1. The standard InChI is InChI=1S/C27H31NO8/c1-28-19-14-18(15-20(28)25(24(19)30)36-27(31)17-8-6-5-7-9-17)35-23(29)11-10-16-12-21(32-2)26(34-4)22(13-16)33-3/h5-13,18-20,24-25,30H,14-15H2,1-4H3. The van der Waals surface area contributed by atoms with E-state index in [0.717, 1.165) is 0 Å². The number of fused-ring (bicyclic) bond motifs is 2. The van der Waals surface area contributed by atoms with Crippen LogP contribution in [0.2, 0.25) is 0 Å². The Hall–Kier alpha value is -3.56. The van der Waals surface area contributed by atoms with Crippen molar-refractivity contribution in [3.63, 3.8) is 0 Å². The van der Waals surface area contributed by atoms with E-state index in [1.807, 2.05) is 18.0 Å². The first-order valence-electron chi connectivity index (χ1n) is 11.7. The van der Waals surface area contributed by atoms with E-state index in [9.17, 15) is 14.7 Å². The van der Waals surface area contributed by atoms with Crippen molar-refractivity contribution in [2.24, 2.45) is 0 Å². The van der Waals surface area contributed by atoms with Gasteiger partial charge in [0.1, 0.15) is 18.3 Å². The number of likely N-dealkylation sites (N-methyl/N-ethyl adjacent to an activating group) is 1. The number of ether oxygens (including phenoxy) is 5. The monoisotopic (exact) mass is 497 g/mol. The van der Waals surface area contributed by atoms with E-state index in [4.69, 9.17) is 23.7 Å². The molecule has 0 saturated carbocycles. The highest BCUT2D eigenvalue weighted by Crippen LogP contribution is 2.39. The number of methoxy groups -OCH3 is 3. The van der Waals surface area contributed by atoms with Gasteiger partial charge in [-0.25, -0.2) is 9.59 Å². The maximum Gasteiger partial charge on any atom is 0.338 e.